The molecule has 0 aliphatic carbocycles. The van der Waals surface area contributed by atoms with E-state index in [2.05, 4.69) is 32.7 Å². The number of nitrogens with zero attached hydrogens (tertiary/aromatic N) is 4. The van der Waals surface area contributed by atoms with E-state index in [1.165, 1.54) is 0 Å². The van der Waals surface area contributed by atoms with E-state index in [1.807, 2.05) is 42.7 Å². The molecule has 0 aliphatic rings. The molecule has 0 spiro atoms. The molecule has 8 heteroatoms. The molecule has 1 atom stereocenters. The van der Waals surface area contributed by atoms with Crippen LogP contribution in [0.3, 0.4) is 0 Å². The molecular formula is C18H28N6O2. The average Bonchev–Trinajstić information content (AvgIpc) is 3.11. The van der Waals surface area contributed by atoms with Gasteiger partial charge in [0.1, 0.15) is 30.5 Å². The van der Waals surface area contributed by atoms with Crippen molar-refractivity contribution in [2.45, 2.75) is 40.0 Å². The summed E-state index contributed by atoms with van der Waals surface area (Å²) in [5.41, 5.74) is 0. The number of methoxy groups -OCH3 is 1. The third kappa shape index (κ3) is 5.94. The van der Waals surface area contributed by atoms with Gasteiger partial charge in [-0.05, 0) is 32.9 Å². The van der Waals surface area contributed by atoms with Crippen LogP contribution in [0, 0.1) is 0 Å². The summed E-state index contributed by atoms with van der Waals surface area (Å²) < 4.78 is 13.1. The molecule has 0 amide bonds. The van der Waals surface area contributed by atoms with Crippen molar-refractivity contribution in [2.24, 2.45) is 4.99 Å². The van der Waals surface area contributed by atoms with Crippen LogP contribution in [-0.2, 0) is 13.1 Å². The smallest absolute Gasteiger partial charge is 0.191 e. The van der Waals surface area contributed by atoms with E-state index >= 15 is 0 Å². The molecule has 1 heterocycles. The third-order valence-electron chi connectivity index (χ3n) is 3.69. The first-order chi connectivity index (χ1) is 12.7. The predicted molar refractivity (Wildman–Crippen MR) is 102 cm³/mol. The molecule has 1 unspecified atom stereocenters. The zero-order valence-electron chi connectivity index (χ0n) is 15.9. The van der Waals surface area contributed by atoms with Crippen molar-refractivity contribution in [3.63, 3.8) is 0 Å². The fraction of sp³-hybridized carbons (Fsp3) is 0.500. The standard InChI is InChI=1S/C18H28N6O2/c1-5-19-18(21-12-17-23-22-13-24(17)6-2)20-11-14(3)26-16-9-7-8-15(10-16)25-4/h7-10,13-14H,5-6,11-12H2,1-4H3,(H2,19,20,21). The monoisotopic (exact) mass is 360 g/mol. The molecule has 0 radical (unpaired) electrons. The Bertz CT molecular complexity index is 700. The maximum atomic E-state index is 5.92. The molecule has 0 saturated carbocycles. The number of hydrogen-bond acceptors (Lipinski definition) is 5. The van der Waals surface area contributed by atoms with Gasteiger partial charge in [-0.25, -0.2) is 4.99 Å². The topological polar surface area (TPSA) is 85.6 Å². The number of aromatic nitrogens is 3. The van der Waals surface area contributed by atoms with Gasteiger partial charge in [-0.3, -0.25) is 0 Å². The minimum atomic E-state index is -0.0368. The first-order valence-corrected chi connectivity index (χ1v) is 8.85. The van der Waals surface area contributed by atoms with E-state index < -0.39 is 0 Å². The van der Waals surface area contributed by atoms with Crippen molar-refractivity contribution in [3.8, 4) is 11.5 Å². The molecule has 8 nitrogen and oxygen atoms in total. The van der Waals surface area contributed by atoms with Crippen molar-refractivity contribution in [1.29, 1.82) is 0 Å². The first-order valence-electron chi connectivity index (χ1n) is 8.85. The van der Waals surface area contributed by atoms with Crippen molar-refractivity contribution >= 4 is 5.96 Å². The highest BCUT2D eigenvalue weighted by atomic mass is 16.5. The summed E-state index contributed by atoms with van der Waals surface area (Å²) in [6.07, 6.45) is 1.68. The normalized spacial score (nSPS) is 12.5. The van der Waals surface area contributed by atoms with Gasteiger partial charge in [0.05, 0.1) is 13.7 Å². The molecule has 26 heavy (non-hydrogen) atoms. The van der Waals surface area contributed by atoms with Gasteiger partial charge in [0.15, 0.2) is 11.8 Å². The molecule has 0 fully saturated rings. The maximum Gasteiger partial charge on any atom is 0.191 e. The van der Waals surface area contributed by atoms with Gasteiger partial charge < -0.3 is 24.7 Å². The Hall–Kier alpha value is -2.77. The van der Waals surface area contributed by atoms with Crippen LogP contribution in [0.5, 0.6) is 11.5 Å². The van der Waals surface area contributed by atoms with Crippen LogP contribution in [0.25, 0.3) is 0 Å². The molecule has 0 saturated heterocycles. The fourth-order valence-electron chi connectivity index (χ4n) is 2.35. The number of rotatable bonds is 9. The number of ether oxygens (including phenoxy) is 2. The van der Waals surface area contributed by atoms with Gasteiger partial charge in [-0.15, -0.1) is 10.2 Å². The molecule has 1 aromatic carbocycles. The Labute approximate surface area is 154 Å². The van der Waals surface area contributed by atoms with Crippen molar-refractivity contribution < 1.29 is 9.47 Å². The zero-order chi connectivity index (χ0) is 18.8. The van der Waals surface area contributed by atoms with Crippen LogP contribution < -0.4 is 20.1 Å². The average molecular weight is 360 g/mol. The molecule has 1 aromatic heterocycles. The minimum Gasteiger partial charge on any atom is -0.497 e. The van der Waals surface area contributed by atoms with Gasteiger partial charge >= 0.3 is 0 Å². The number of benzene rings is 1. The molecule has 0 bridgehead atoms. The second kappa shape index (κ2) is 10.3. The Kier molecular flexibility index (Phi) is 7.73. The van der Waals surface area contributed by atoms with E-state index in [9.17, 15) is 0 Å². The van der Waals surface area contributed by atoms with E-state index in [4.69, 9.17) is 9.47 Å². The Morgan fingerprint density at radius 3 is 2.81 bits per heavy atom. The number of aryl methyl sites for hydroxylation is 1. The summed E-state index contributed by atoms with van der Waals surface area (Å²) >= 11 is 0. The SMILES string of the molecule is CCNC(=NCc1nncn1CC)NCC(C)Oc1cccc(OC)c1. The maximum absolute atomic E-state index is 5.92. The largest absolute Gasteiger partial charge is 0.497 e. The Morgan fingerprint density at radius 1 is 1.27 bits per heavy atom. The van der Waals surface area contributed by atoms with Gasteiger partial charge in [0.25, 0.3) is 0 Å². The first kappa shape index (κ1) is 19.6. The van der Waals surface area contributed by atoms with Gasteiger partial charge in [-0.1, -0.05) is 6.07 Å². The fourth-order valence-corrected chi connectivity index (χ4v) is 2.35. The molecule has 2 rings (SSSR count). The van der Waals surface area contributed by atoms with Crippen LogP contribution in [0.4, 0.5) is 0 Å². The lowest BCUT2D eigenvalue weighted by Crippen LogP contribution is -2.41. The highest BCUT2D eigenvalue weighted by Gasteiger charge is 2.07. The van der Waals surface area contributed by atoms with Crippen molar-refractivity contribution in [3.05, 3.63) is 36.4 Å². The van der Waals surface area contributed by atoms with Gasteiger partial charge in [0, 0.05) is 19.2 Å². The summed E-state index contributed by atoms with van der Waals surface area (Å²) in [6.45, 7) is 8.77. The number of hydrogen-bond donors (Lipinski definition) is 2. The number of guanidine groups is 1. The molecule has 2 N–H and O–H groups in total. The summed E-state index contributed by atoms with van der Waals surface area (Å²) in [4.78, 5) is 4.57. The molecule has 0 aliphatic heterocycles. The minimum absolute atomic E-state index is 0.0368. The number of nitrogens with one attached hydrogen (secondary N) is 2. The molecular weight excluding hydrogens is 332 g/mol. The third-order valence-corrected chi connectivity index (χ3v) is 3.69. The lowest BCUT2D eigenvalue weighted by atomic mass is 10.3. The van der Waals surface area contributed by atoms with Crippen LogP contribution in [-0.4, -0.2) is 47.0 Å². The highest BCUT2D eigenvalue weighted by Crippen LogP contribution is 2.19. The van der Waals surface area contributed by atoms with Crippen LogP contribution in [0.2, 0.25) is 0 Å². The predicted octanol–water partition coefficient (Wildman–Crippen LogP) is 1.83. The molecule has 2 aromatic rings. The van der Waals surface area contributed by atoms with Crippen LogP contribution in [0.1, 0.15) is 26.6 Å². The number of aliphatic imine (C=N–C) groups is 1. The van der Waals surface area contributed by atoms with Crippen molar-refractivity contribution in [1.82, 2.24) is 25.4 Å². The summed E-state index contributed by atoms with van der Waals surface area (Å²) in [7, 11) is 1.64. The van der Waals surface area contributed by atoms with Crippen LogP contribution in [0.15, 0.2) is 35.6 Å². The van der Waals surface area contributed by atoms with Crippen molar-refractivity contribution in [2.75, 3.05) is 20.2 Å². The zero-order valence-corrected chi connectivity index (χ0v) is 15.9. The quantitative estimate of drug-likeness (QED) is 0.524. The lowest BCUT2D eigenvalue weighted by molar-refractivity contribution is 0.223. The highest BCUT2D eigenvalue weighted by molar-refractivity contribution is 5.79. The van der Waals surface area contributed by atoms with E-state index in [-0.39, 0.29) is 6.10 Å². The second-order valence-electron chi connectivity index (χ2n) is 5.72. The Balaban J connectivity index is 1.89. The summed E-state index contributed by atoms with van der Waals surface area (Å²) in [5.74, 6) is 3.11. The lowest BCUT2D eigenvalue weighted by Gasteiger charge is -2.18. The van der Waals surface area contributed by atoms with E-state index in [0.717, 1.165) is 36.4 Å². The van der Waals surface area contributed by atoms with E-state index in [0.29, 0.717) is 13.1 Å². The summed E-state index contributed by atoms with van der Waals surface area (Å²) in [5, 5.41) is 14.5. The van der Waals surface area contributed by atoms with Gasteiger partial charge in [-0.2, -0.15) is 0 Å². The van der Waals surface area contributed by atoms with E-state index in [1.54, 1.807) is 13.4 Å². The summed E-state index contributed by atoms with van der Waals surface area (Å²) in [6, 6.07) is 7.58. The molecule has 142 valence electrons. The van der Waals surface area contributed by atoms with Gasteiger partial charge in [0.2, 0.25) is 0 Å². The Morgan fingerprint density at radius 2 is 2.08 bits per heavy atom. The second-order valence-corrected chi connectivity index (χ2v) is 5.72. The van der Waals surface area contributed by atoms with Crippen LogP contribution >= 0.6 is 0 Å².